The first kappa shape index (κ1) is 19.1. The van der Waals surface area contributed by atoms with Crippen molar-refractivity contribution in [2.45, 2.75) is 59.0 Å². The number of allylic oxidation sites excluding steroid dienone is 2. The molecule has 1 unspecified atom stereocenters. The standard InChI is InChI=1S/C21H24O6/c1-3-14-11(2)16-10-27-21(26)19(16)18(20(24)25)15(14)8-7-12-5-4-6-13(12)9-17(22)23/h7,13H,3-6,8-10H2,1-2H3,(H,22,23)(H,24,25)/p-1/b12-7+. The van der Waals surface area contributed by atoms with E-state index in [1.165, 1.54) is 0 Å². The minimum absolute atomic E-state index is 0.00615. The zero-order chi connectivity index (χ0) is 19.7. The van der Waals surface area contributed by atoms with Crippen LogP contribution in [0.4, 0.5) is 0 Å². The van der Waals surface area contributed by atoms with E-state index in [-0.39, 0.29) is 30.1 Å². The van der Waals surface area contributed by atoms with Gasteiger partial charge in [-0.2, -0.15) is 0 Å². The van der Waals surface area contributed by atoms with Crippen LogP contribution in [0.25, 0.3) is 0 Å². The van der Waals surface area contributed by atoms with Crippen molar-refractivity contribution in [1.82, 2.24) is 0 Å². The molecule has 0 bridgehead atoms. The Balaban J connectivity index is 2.07. The number of hydrogen-bond acceptors (Lipinski definition) is 5. The fourth-order valence-corrected chi connectivity index (χ4v) is 4.48. The number of rotatable bonds is 6. The fourth-order valence-electron chi connectivity index (χ4n) is 4.48. The molecule has 1 aliphatic carbocycles. The summed E-state index contributed by atoms with van der Waals surface area (Å²) in [5, 5.41) is 20.8. The highest BCUT2D eigenvalue weighted by Crippen LogP contribution is 2.36. The number of ether oxygens (including phenoxy) is 1. The zero-order valence-electron chi connectivity index (χ0n) is 15.6. The molecule has 1 aromatic rings. The second kappa shape index (κ2) is 7.55. The van der Waals surface area contributed by atoms with E-state index in [1.54, 1.807) is 0 Å². The van der Waals surface area contributed by atoms with Crippen LogP contribution in [0.3, 0.4) is 0 Å². The molecular formula is C21H23O6-. The number of fused-ring (bicyclic) bond motifs is 1. The molecule has 0 spiro atoms. The summed E-state index contributed by atoms with van der Waals surface area (Å²) in [6.45, 7) is 3.97. The predicted octanol–water partition coefficient (Wildman–Crippen LogP) is 2.34. The van der Waals surface area contributed by atoms with Crippen molar-refractivity contribution >= 4 is 17.9 Å². The Labute approximate surface area is 157 Å². The van der Waals surface area contributed by atoms with E-state index in [9.17, 15) is 24.6 Å². The number of cyclic esters (lactones) is 1. The summed E-state index contributed by atoms with van der Waals surface area (Å²) in [7, 11) is 0. The van der Waals surface area contributed by atoms with E-state index in [0.717, 1.165) is 36.0 Å². The van der Waals surface area contributed by atoms with Crippen LogP contribution in [0.1, 0.15) is 75.6 Å². The summed E-state index contributed by atoms with van der Waals surface area (Å²) in [6.07, 6.45) is 5.50. The normalized spacial score (nSPS) is 20.0. The first-order valence-corrected chi connectivity index (χ1v) is 9.31. The number of carbonyl (C=O) groups excluding carboxylic acids is 2. The van der Waals surface area contributed by atoms with Crippen LogP contribution < -0.4 is 5.11 Å². The van der Waals surface area contributed by atoms with E-state index in [4.69, 9.17) is 4.74 Å². The van der Waals surface area contributed by atoms with Crippen LogP contribution in [0, 0.1) is 12.8 Å². The number of esters is 1. The summed E-state index contributed by atoms with van der Waals surface area (Å²) in [5.74, 6) is -2.83. The molecule has 1 aromatic carbocycles. The maximum absolute atomic E-state index is 12.2. The second-order valence-corrected chi connectivity index (χ2v) is 7.19. The molecule has 27 heavy (non-hydrogen) atoms. The maximum Gasteiger partial charge on any atom is 0.339 e. The Kier molecular flexibility index (Phi) is 5.35. The van der Waals surface area contributed by atoms with E-state index < -0.39 is 17.9 Å². The summed E-state index contributed by atoms with van der Waals surface area (Å²) in [4.78, 5) is 35.1. The number of aliphatic carboxylic acids is 1. The monoisotopic (exact) mass is 371 g/mol. The lowest BCUT2D eigenvalue weighted by Gasteiger charge is -2.18. The number of benzene rings is 1. The Morgan fingerprint density at radius 2 is 2.07 bits per heavy atom. The van der Waals surface area contributed by atoms with E-state index in [2.05, 4.69) is 0 Å². The van der Waals surface area contributed by atoms with Gasteiger partial charge in [0, 0.05) is 11.5 Å². The largest absolute Gasteiger partial charge is 0.550 e. The number of carbonyl (C=O) groups is 3. The Bertz CT molecular complexity index is 849. The first-order valence-electron chi connectivity index (χ1n) is 9.31. The molecule has 1 saturated carbocycles. The average Bonchev–Trinajstić information content (AvgIpc) is 3.19. The predicted molar refractivity (Wildman–Crippen MR) is 95.4 cm³/mol. The van der Waals surface area contributed by atoms with Gasteiger partial charge >= 0.3 is 11.9 Å². The summed E-state index contributed by atoms with van der Waals surface area (Å²) in [6, 6.07) is 0. The molecule has 3 rings (SSSR count). The van der Waals surface area contributed by atoms with Crippen LogP contribution in [-0.4, -0.2) is 23.0 Å². The van der Waals surface area contributed by atoms with Crippen molar-refractivity contribution in [2.24, 2.45) is 5.92 Å². The highest BCUT2D eigenvalue weighted by Gasteiger charge is 2.33. The number of hydrogen-bond donors (Lipinski definition) is 1. The van der Waals surface area contributed by atoms with Crippen LogP contribution in [0.5, 0.6) is 0 Å². The SMILES string of the molecule is CCc1c(C)c2c(c(C(=O)O)c1C/C=C1\CCCC1CC(=O)[O-])C(=O)OC2. The molecule has 1 heterocycles. The van der Waals surface area contributed by atoms with E-state index >= 15 is 0 Å². The van der Waals surface area contributed by atoms with Gasteiger partial charge < -0.3 is 19.7 Å². The smallest absolute Gasteiger partial charge is 0.339 e. The molecule has 6 nitrogen and oxygen atoms in total. The Morgan fingerprint density at radius 1 is 1.33 bits per heavy atom. The van der Waals surface area contributed by atoms with Crippen molar-refractivity contribution in [3.63, 3.8) is 0 Å². The van der Waals surface area contributed by atoms with Crippen LogP contribution in [-0.2, 0) is 29.0 Å². The fraction of sp³-hybridized carbons (Fsp3) is 0.476. The molecule has 6 heteroatoms. The molecular weight excluding hydrogens is 348 g/mol. The summed E-state index contributed by atoms with van der Waals surface area (Å²) < 4.78 is 5.10. The lowest BCUT2D eigenvalue weighted by Crippen LogP contribution is -2.24. The van der Waals surface area contributed by atoms with Crippen LogP contribution in [0.2, 0.25) is 0 Å². The van der Waals surface area contributed by atoms with Crippen molar-refractivity contribution in [3.8, 4) is 0 Å². The van der Waals surface area contributed by atoms with Gasteiger partial charge in [0.2, 0.25) is 0 Å². The van der Waals surface area contributed by atoms with Crippen molar-refractivity contribution in [3.05, 3.63) is 45.0 Å². The van der Waals surface area contributed by atoms with Crippen molar-refractivity contribution in [2.75, 3.05) is 0 Å². The Hall–Kier alpha value is -2.63. The minimum atomic E-state index is -1.13. The Morgan fingerprint density at radius 3 is 2.70 bits per heavy atom. The molecule has 2 aliphatic rings. The molecule has 0 radical (unpaired) electrons. The third kappa shape index (κ3) is 3.48. The van der Waals surface area contributed by atoms with Crippen molar-refractivity contribution < 1.29 is 29.3 Å². The maximum atomic E-state index is 12.2. The zero-order valence-corrected chi connectivity index (χ0v) is 15.6. The third-order valence-electron chi connectivity index (χ3n) is 5.77. The van der Waals surface area contributed by atoms with Crippen LogP contribution in [0.15, 0.2) is 11.6 Å². The molecule has 1 N–H and O–H groups in total. The number of carboxylic acids is 2. The van der Waals surface area contributed by atoms with Gasteiger partial charge in [-0.25, -0.2) is 9.59 Å². The highest BCUT2D eigenvalue weighted by molar-refractivity contribution is 6.06. The van der Waals surface area contributed by atoms with Gasteiger partial charge in [0.15, 0.2) is 0 Å². The molecule has 0 amide bonds. The van der Waals surface area contributed by atoms with Gasteiger partial charge in [-0.15, -0.1) is 0 Å². The van der Waals surface area contributed by atoms with Crippen LogP contribution >= 0.6 is 0 Å². The van der Waals surface area contributed by atoms with Gasteiger partial charge in [-0.3, -0.25) is 0 Å². The molecule has 144 valence electrons. The molecule has 1 aliphatic heterocycles. The number of carboxylic acid groups (broad SMARTS) is 2. The molecule has 0 aromatic heterocycles. The third-order valence-corrected chi connectivity index (χ3v) is 5.77. The van der Waals surface area contributed by atoms with Gasteiger partial charge in [-0.1, -0.05) is 18.6 Å². The molecule has 1 fully saturated rings. The average molecular weight is 371 g/mol. The lowest BCUT2D eigenvalue weighted by atomic mass is 9.85. The first-order chi connectivity index (χ1) is 12.8. The van der Waals surface area contributed by atoms with Gasteiger partial charge in [0.1, 0.15) is 6.61 Å². The highest BCUT2D eigenvalue weighted by atomic mass is 16.5. The van der Waals surface area contributed by atoms with Gasteiger partial charge in [0.25, 0.3) is 0 Å². The minimum Gasteiger partial charge on any atom is -0.550 e. The van der Waals surface area contributed by atoms with Crippen molar-refractivity contribution in [1.29, 1.82) is 0 Å². The number of aromatic carboxylic acids is 1. The summed E-state index contributed by atoms with van der Waals surface area (Å²) >= 11 is 0. The molecule has 0 saturated heterocycles. The van der Waals surface area contributed by atoms with Gasteiger partial charge in [0.05, 0.1) is 11.1 Å². The van der Waals surface area contributed by atoms with Gasteiger partial charge in [-0.05, 0) is 68.1 Å². The topological polar surface area (TPSA) is 104 Å². The second-order valence-electron chi connectivity index (χ2n) is 7.19. The lowest BCUT2D eigenvalue weighted by molar-refractivity contribution is -0.306. The quantitative estimate of drug-likeness (QED) is 0.608. The molecule has 1 atom stereocenters. The van der Waals surface area contributed by atoms with E-state index in [0.29, 0.717) is 24.0 Å². The summed E-state index contributed by atoms with van der Waals surface area (Å²) in [5.41, 5.74) is 4.38. The van der Waals surface area contributed by atoms with E-state index in [1.807, 2.05) is 19.9 Å².